The zero-order chi connectivity index (χ0) is 15.9. The predicted molar refractivity (Wildman–Crippen MR) is 102 cm³/mol. The number of aromatic nitrogens is 2. The quantitative estimate of drug-likeness (QED) is 0.431. The minimum atomic E-state index is 0. The van der Waals surface area contributed by atoms with Gasteiger partial charge >= 0.3 is 0 Å². The van der Waals surface area contributed by atoms with Crippen molar-refractivity contribution >= 4 is 41.5 Å². The van der Waals surface area contributed by atoms with Crippen molar-refractivity contribution in [2.45, 2.75) is 26.9 Å². The monoisotopic (exact) mass is 449 g/mol. The molecule has 1 aromatic carbocycles. The molecule has 0 unspecified atom stereocenters. The molecule has 1 N–H and O–H groups in total. The van der Waals surface area contributed by atoms with Gasteiger partial charge in [0.1, 0.15) is 6.54 Å². The van der Waals surface area contributed by atoms with Crippen LogP contribution in [0.25, 0.3) is 0 Å². The third kappa shape index (κ3) is 6.34. The molecule has 126 valence electrons. The lowest BCUT2D eigenvalue weighted by Crippen LogP contribution is -2.38. The number of rotatable bonds is 5. The standard InChI is InChI=1S/C15H20ClN5O.HI/c1-4-17-15(18-9-14-19-11(2)20-22-14)21(3)10-12-6-5-7-13(16)8-12;/h5-8H,4,9-10H2,1-3H3,(H,17,18);1H. The molecule has 1 aromatic heterocycles. The zero-order valence-electron chi connectivity index (χ0n) is 13.4. The van der Waals surface area contributed by atoms with Gasteiger partial charge in [-0.25, -0.2) is 4.99 Å². The second-order valence-corrected chi connectivity index (χ2v) is 5.33. The van der Waals surface area contributed by atoms with Crippen molar-refractivity contribution in [3.8, 4) is 0 Å². The second-order valence-electron chi connectivity index (χ2n) is 4.89. The highest BCUT2D eigenvalue weighted by Crippen LogP contribution is 2.12. The first-order valence-corrected chi connectivity index (χ1v) is 7.49. The lowest BCUT2D eigenvalue weighted by Gasteiger charge is -2.22. The van der Waals surface area contributed by atoms with Crippen molar-refractivity contribution in [2.75, 3.05) is 13.6 Å². The molecular weight excluding hydrogens is 429 g/mol. The summed E-state index contributed by atoms with van der Waals surface area (Å²) in [5.74, 6) is 1.89. The maximum Gasteiger partial charge on any atom is 0.248 e. The van der Waals surface area contributed by atoms with Gasteiger partial charge in [-0.05, 0) is 31.5 Å². The summed E-state index contributed by atoms with van der Waals surface area (Å²) >= 11 is 6.02. The Labute approximate surface area is 158 Å². The molecule has 0 amide bonds. The smallest absolute Gasteiger partial charge is 0.248 e. The molecule has 0 atom stereocenters. The number of hydrogen-bond acceptors (Lipinski definition) is 4. The summed E-state index contributed by atoms with van der Waals surface area (Å²) in [6.07, 6.45) is 0. The normalized spacial score (nSPS) is 11.0. The van der Waals surface area contributed by atoms with E-state index >= 15 is 0 Å². The molecule has 0 saturated heterocycles. The molecule has 0 fully saturated rings. The fraction of sp³-hybridized carbons (Fsp3) is 0.400. The van der Waals surface area contributed by atoms with E-state index in [1.54, 1.807) is 6.92 Å². The summed E-state index contributed by atoms with van der Waals surface area (Å²) in [6, 6.07) is 7.79. The largest absolute Gasteiger partial charge is 0.357 e. The highest BCUT2D eigenvalue weighted by molar-refractivity contribution is 14.0. The van der Waals surface area contributed by atoms with Crippen LogP contribution in [0.5, 0.6) is 0 Å². The molecule has 8 heteroatoms. The van der Waals surface area contributed by atoms with Crippen LogP contribution in [0.15, 0.2) is 33.8 Å². The van der Waals surface area contributed by atoms with E-state index in [0.717, 1.165) is 23.1 Å². The summed E-state index contributed by atoms with van der Waals surface area (Å²) < 4.78 is 5.07. The van der Waals surface area contributed by atoms with Crippen LogP contribution in [-0.2, 0) is 13.1 Å². The Morgan fingerprint density at radius 2 is 2.22 bits per heavy atom. The van der Waals surface area contributed by atoms with Crippen molar-refractivity contribution in [1.82, 2.24) is 20.4 Å². The Hall–Kier alpha value is -1.35. The third-order valence-electron chi connectivity index (χ3n) is 2.94. The molecule has 0 radical (unpaired) electrons. The van der Waals surface area contributed by atoms with Crippen LogP contribution in [0.2, 0.25) is 5.02 Å². The average molecular weight is 450 g/mol. The Morgan fingerprint density at radius 1 is 1.43 bits per heavy atom. The molecule has 2 rings (SSSR count). The van der Waals surface area contributed by atoms with Gasteiger partial charge < -0.3 is 14.7 Å². The first kappa shape index (κ1) is 19.7. The van der Waals surface area contributed by atoms with Crippen LogP contribution >= 0.6 is 35.6 Å². The summed E-state index contributed by atoms with van der Waals surface area (Å²) in [4.78, 5) is 10.7. The van der Waals surface area contributed by atoms with Crippen LogP contribution in [0.3, 0.4) is 0 Å². The molecule has 0 aliphatic rings. The summed E-state index contributed by atoms with van der Waals surface area (Å²) in [6.45, 7) is 5.65. The van der Waals surface area contributed by atoms with Crippen molar-refractivity contribution < 1.29 is 4.52 Å². The Balaban J connectivity index is 0.00000264. The fourth-order valence-corrected chi connectivity index (χ4v) is 2.21. The van der Waals surface area contributed by atoms with Crippen LogP contribution in [0, 0.1) is 6.92 Å². The highest BCUT2D eigenvalue weighted by Gasteiger charge is 2.08. The van der Waals surface area contributed by atoms with Gasteiger partial charge in [-0.15, -0.1) is 24.0 Å². The maximum absolute atomic E-state index is 6.02. The van der Waals surface area contributed by atoms with Crippen molar-refractivity contribution in [1.29, 1.82) is 0 Å². The molecule has 0 aliphatic heterocycles. The van der Waals surface area contributed by atoms with E-state index in [9.17, 15) is 0 Å². The Kier molecular flexibility index (Phi) is 8.32. The summed E-state index contributed by atoms with van der Waals surface area (Å²) in [7, 11) is 1.97. The third-order valence-corrected chi connectivity index (χ3v) is 3.17. The van der Waals surface area contributed by atoms with Gasteiger partial charge in [0, 0.05) is 25.2 Å². The first-order valence-electron chi connectivity index (χ1n) is 7.11. The molecule has 0 bridgehead atoms. The molecule has 0 aliphatic carbocycles. The minimum absolute atomic E-state index is 0. The highest BCUT2D eigenvalue weighted by atomic mass is 127. The Morgan fingerprint density at radius 3 is 2.83 bits per heavy atom. The molecule has 6 nitrogen and oxygen atoms in total. The van der Waals surface area contributed by atoms with E-state index in [1.165, 1.54) is 0 Å². The average Bonchev–Trinajstić information content (AvgIpc) is 2.89. The summed E-state index contributed by atoms with van der Waals surface area (Å²) in [5, 5.41) is 7.74. The van der Waals surface area contributed by atoms with Crippen molar-refractivity contribution in [3.63, 3.8) is 0 Å². The molecule has 0 spiro atoms. The SMILES string of the molecule is CCNC(=NCc1nc(C)no1)N(C)Cc1cccc(Cl)c1.I. The lowest BCUT2D eigenvalue weighted by molar-refractivity contribution is 0.375. The minimum Gasteiger partial charge on any atom is -0.357 e. The molecule has 2 aromatic rings. The molecular formula is C15H21ClIN5O. The van der Waals surface area contributed by atoms with Gasteiger partial charge in [0.15, 0.2) is 11.8 Å². The van der Waals surface area contributed by atoms with Gasteiger partial charge in [0.2, 0.25) is 5.89 Å². The van der Waals surface area contributed by atoms with Gasteiger partial charge in [-0.1, -0.05) is 28.9 Å². The number of nitrogens with zero attached hydrogens (tertiary/aromatic N) is 4. The van der Waals surface area contributed by atoms with E-state index in [4.69, 9.17) is 16.1 Å². The van der Waals surface area contributed by atoms with Crippen LogP contribution in [0.4, 0.5) is 0 Å². The van der Waals surface area contributed by atoms with Crippen molar-refractivity contribution in [3.05, 3.63) is 46.6 Å². The topological polar surface area (TPSA) is 66.5 Å². The fourth-order valence-electron chi connectivity index (χ4n) is 2.00. The summed E-state index contributed by atoms with van der Waals surface area (Å²) in [5.41, 5.74) is 1.12. The van der Waals surface area contributed by atoms with Gasteiger partial charge in [-0.2, -0.15) is 4.98 Å². The first-order chi connectivity index (χ1) is 10.6. The molecule has 0 saturated carbocycles. The van der Waals surface area contributed by atoms with Crippen LogP contribution in [-0.4, -0.2) is 34.6 Å². The predicted octanol–water partition coefficient (Wildman–Crippen LogP) is 3.25. The van der Waals surface area contributed by atoms with E-state index in [-0.39, 0.29) is 24.0 Å². The number of aryl methyl sites for hydroxylation is 1. The van der Waals surface area contributed by atoms with Crippen LogP contribution in [0.1, 0.15) is 24.2 Å². The Bertz CT molecular complexity index is 646. The van der Waals surface area contributed by atoms with E-state index in [1.807, 2.05) is 43.1 Å². The number of aliphatic imine (C=N–C) groups is 1. The van der Waals surface area contributed by atoms with E-state index in [0.29, 0.717) is 24.8 Å². The number of guanidine groups is 1. The number of hydrogen-bond donors (Lipinski definition) is 1. The van der Waals surface area contributed by atoms with Gasteiger partial charge in [-0.3, -0.25) is 0 Å². The number of halogens is 2. The van der Waals surface area contributed by atoms with Gasteiger partial charge in [0.25, 0.3) is 0 Å². The van der Waals surface area contributed by atoms with Crippen LogP contribution < -0.4 is 5.32 Å². The number of benzene rings is 1. The lowest BCUT2D eigenvalue weighted by atomic mass is 10.2. The van der Waals surface area contributed by atoms with E-state index in [2.05, 4.69) is 20.4 Å². The van der Waals surface area contributed by atoms with Crippen molar-refractivity contribution in [2.24, 2.45) is 4.99 Å². The molecule has 23 heavy (non-hydrogen) atoms. The van der Waals surface area contributed by atoms with Gasteiger partial charge in [0.05, 0.1) is 0 Å². The number of nitrogens with one attached hydrogen (secondary N) is 1. The van der Waals surface area contributed by atoms with E-state index < -0.39 is 0 Å². The second kappa shape index (κ2) is 9.71. The zero-order valence-corrected chi connectivity index (χ0v) is 16.5. The maximum atomic E-state index is 6.02. The molecule has 1 heterocycles.